The van der Waals surface area contributed by atoms with Crippen LogP contribution in [0.4, 0.5) is 5.69 Å². The molecule has 8 nitrogen and oxygen atoms in total. The topological polar surface area (TPSA) is 100 Å². The molecule has 0 atom stereocenters. The zero-order chi connectivity index (χ0) is 20.4. The smallest absolute Gasteiger partial charge is 0.318 e. The van der Waals surface area contributed by atoms with Crippen LogP contribution in [0.1, 0.15) is 39.6 Å². The average molecular weight is 393 g/mol. The lowest BCUT2D eigenvalue weighted by Crippen LogP contribution is -2.00. The van der Waals surface area contributed by atoms with Crippen molar-refractivity contribution in [1.29, 1.82) is 0 Å². The van der Waals surface area contributed by atoms with Crippen LogP contribution in [0.5, 0.6) is 5.75 Å². The maximum atomic E-state index is 12.2. The summed E-state index contributed by atoms with van der Waals surface area (Å²) in [6.07, 6.45) is 7.27. The Morgan fingerprint density at radius 3 is 2.97 bits per heavy atom. The van der Waals surface area contributed by atoms with E-state index in [-0.39, 0.29) is 18.0 Å². The van der Waals surface area contributed by atoms with Gasteiger partial charge in [-0.05, 0) is 66.8 Å². The minimum Gasteiger partial charge on any atom is -0.486 e. The van der Waals surface area contributed by atoms with E-state index in [9.17, 15) is 14.9 Å². The first kappa shape index (κ1) is 18.7. The molecule has 0 radical (unpaired) electrons. The van der Waals surface area contributed by atoms with Crippen molar-refractivity contribution in [2.75, 3.05) is 0 Å². The first-order valence-corrected chi connectivity index (χ1v) is 9.23. The second-order valence-corrected chi connectivity index (χ2v) is 6.87. The van der Waals surface area contributed by atoms with E-state index in [1.165, 1.54) is 47.6 Å². The lowest BCUT2D eigenvalue weighted by Gasteiger charge is -2.06. The Morgan fingerprint density at radius 2 is 2.14 bits per heavy atom. The fourth-order valence-corrected chi connectivity index (χ4v) is 3.38. The zero-order valence-corrected chi connectivity index (χ0v) is 15.8. The Morgan fingerprint density at radius 1 is 1.31 bits per heavy atom. The van der Waals surface area contributed by atoms with Crippen molar-refractivity contribution >= 4 is 17.5 Å². The van der Waals surface area contributed by atoms with Gasteiger partial charge in [0.15, 0.2) is 0 Å². The van der Waals surface area contributed by atoms with Crippen molar-refractivity contribution in [1.82, 2.24) is 9.78 Å². The number of aromatic nitrogens is 2. The number of benzene rings is 1. The highest BCUT2D eigenvalue weighted by molar-refractivity contribution is 6.07. The Bertz CT molecular complexity index is 1110. The summed E-state index contributed by atoms with van der Waals surface area (Å²) in [6.45, 7) is 0.270. The molecule has 0 bridgehead atoms. The van der Waals surface area contributed by atoms with Crippen LogP contribution in [0.2, 0.25) is 0 Å². The second kappa shape index (κ2) is 7.75. The third kappa shape index (κ3) is 4.11. The van der Waals surface area contributed by atoms with Gasteiger partial charge >= 0.3 is 5.69 Å². The number of carbonyl (C=O) groups excluding carboxylic acids is 1. The van der Waals surface area contributed by atoms with Gasteiger partial charge in [0.1, 0.15) is 30.1 Å². The fraction of sp³-hybridized carbons (Fsp3) is 0.238. The van der Waals surface area contributed by atoms with E-state index in [0.717, 1.165) is 18.6 Å². The number of nitro groups is 1. The van der Waals surface area contributed by atoms with E-state index in [2.05, 4.69) is 17.2 Å². The maximum Gasteiger partial charge on any atom is 0.318 e. The Balaban J connectivity index is 1.39. The molecular formula is C21H19N3O5. The van der Waals surface area contributed by atoms with Gasteiger partial charge in [0.25, 0.3) is 0 Å². The van der Waals surface area contributed by atoms with Crippen LogP contribution in [0.3, 0.4) is 0 Å². The van der Waals surface area contributed by atoms with Crippen molar-refractivity contribution < 1.29 is 18.9 Å². The summed E-state index contributed by atoms with van der Waals surface area (Å²) in [5.41, 5.74) is 2.19. The van der Waals surface area contributed by atoms with Crippen LogP contribution < -0.4 is 4.74 Å². The van der Waals surface area contributed by atoms with Gasteiger partial charge in [-0.2, -0.15) is 5.10 Å². The minimum absolute atomic E-state index is 0.208. The molecule has 0 N–H and O–H groups in total. The van der Waals surface area contributed by atoms with Gasteiger partial charge in [0.2, 0.25) is 11.5 Å². The number of aryl methyl sites for hydroxylation is 3. The number of hydrogen-bond donors (Lipinski definition) is 0. The van der Waals surface area contributed by atoms with Gasteiger partial charge in [0, 0.05) is 7.05 Å². The molecule has 8 heteroatoms. The van der Waals surface area contributed by atoms with E-state index in [1.54, 1.807) is 12.1 Å². The van der Waals surface area contributed by atoms with Crippen LogP contribution >= 0.6 is 0 Å². The van der Waals surface area contributed by atoms with Crippen molar-refractivity contribution in [2.24, 2.45) is 7.05 Å². The molecule has 1 aliphatic rings. The molecule has 0 fully saturated rings. The second-order valence-electron chi connectivity index (χ2n) is 6.87. The number of furan rings is 1. The van der Waals surface area contributed by atoms with Crippen molar-refractivity contribution in [3.63, 3.8) is 0 Å². The van der Waals surface area contributed by atoms with Gasteiger partial charge in [-0.15, -0.1) is 0 Å². The number of rotatable bonds is 7. The first-order valence-electron chi connectivity index (χ1n) is 9.23. The van der Waals surface area contributed by atoms with Crippen LogP contribution in [-0.4, -0.2) is 20.5 Å². The lowest BCUT2D eigenvalue weighted by molar-refractivity contribution is -0.385. The molecule has 3 aromatic rings. The number of ether oxygens (including phenoxy) is 1. The van der Waals surface area contributed by atoms with E-state index in [1.807, 2.05) is 6.07 Å². The molecule has 1 aliphatic carbocycles. The molecule has 0 saturated carbocycles. The Labute approximate surface area is 166 Å². The molecule has 4 rings (SSSR count). The summed E-state index contributed by atoms with van der Waals surface area (Å²) >= 11 is 0. The first-order chi connectivity index (χ1) is 14.0. The Kier molecular flexibility index (Phi) is 4.99. The number of ketones is 1. The number of nitrogens with zero attached hydrogens (tertiary/aromatic N) is 3. The van der Waals surface area contributed by atoms with Gasteiger partial charge in [0.05, 0.1) is 4.92 Å². The van der Waals surface area contributed by atoms with Crippen LogP contribution in [0.25, 0.3) is 6.08 Å². The molecule has 1 aromatic carbocycles. The zero-order valence-electron chi connectivity index (χ0n) is 15.8. The molecule has 0 aliphatic heterocycles. The molecule has 29 heavy (non-hydrogen) atoms. The molecule has 2 aromatic heterocycles. The number of fused-ring (bicyclic) bond motifs is 1. The van der Waals surface area contributed by atoms with Gasteiger partial charge in [-0.3, -0.25) is 19.6 Å². The summed E-state index contributed by atoms with van der Waals surface area (Å²) in [5, 5.41) is 14.9. The quantitative estimate of drug-likeness (QED) is 0.261. The molecule has 0 spiro atoms. The normalized spacial score (nSPS) is 13.0. The SMILES string of the molecule is Cn1cc([N+](=O)[O-])c(C(=O)/C=C/c2ccc(COc3ccc4c(c3)CCC4)o2)n1. The standard InChI is InChI=1S/C21H19N3O5/c1-23-12-19(24(26)27)21(22-23)20(25)10-9-16-7-8-18(29-16)13-28-17-6-5-14-3-2-4-15(14)11-17/h5-12H,2-4,13H2,1H3/b10-9+. The summed E-state index contributed by atoms with van der Waals surface area (Å²) in [6, 6.07) is 9.62. The van der Waals surface area contributed by atoms with Gasteiger partial charge in [-0.25, -0.2) is 0 Å². The molecule has 148 valence electrons. The number of carbonyl (C=O) groups is 1. The minimum atomic E-state index is -0.630. The lowest BCUT2D eigenvalue weighted by atomic mass is 10.1. The average Bonchev–Trinajstić information content (AvgIpc) is 3.43. The van der Waals surface area contributed by atoms with Crippen molar-refractivity contribution in [3.8, 4) is 5.75 Å². The van der Waals surface area contributed by atoms with E-state index in [4.69, 9.17) is 9.15 Å². The molecule has 0 amide bonds. The van der Waals surface area contributed by atoms with Gasteiger partial charge in [-0.1, -0.05) is 6.07 Å². The maximum absolute atomic E-state index is 12.2. The number of allylic oxidation sites excluding steroid dienone is 1. The number of hydrogen-bond acceptors (Lipinski definition) is 6. The van der Waals surface area contributed by atoms with Crippen molar-refractivity contribution in [3.05, 3.63) is 81.1 Å². The molecule has 0 saturated heterocycles. The summed E-state index contributed by atoms with van der Waals surface area (Å²) < 4.78 is 12.7. The monoisotopic (exact) mass is 393 g/mol. The molecule has 0 unspecified atom stereocenters. The van der Waals surface area contributed by atoms with E-state index in [0.29, 0.717) is 11.5 Å². The predicted molar refractivity (Wildman–Crippen MR) is 105 cm³/mol. The van der Waals surface area contributed by atoms with Crippen molar-refractivity contribution in [2.45, 2.75) is 25.9 Å². The van der Waals surface area contributed by atoms with E-state index >= 15 is 0 Å². The van der Waals surface area contributed by atoms with Crippen LogP contribution in [0.15, 0.2) is 47.0 Å². The van der Waals surface area contributed by atoms with Gasteiger partial charge < -0.3 is 9.15 Å². The van der Waals surface area contributed by atoms with Crippen LogP contribution in [0, 0.1) is 10.1 Å². The highest BCUT2D eigenvalue weighted by atomic mass is 16.6. The third-order valence-corrected chi connectivity index (χ3v) is 4.77. The molecular weight excluding hydrogens is 374 g/mol. The fourth-order valence-electron chi connectivity index (χ4n) is 3.38. The largest absolute Gasteiger partial charge is 0.486 e. The van der Waals surface area contributed by atoms with Crippen LogP contribution in [-0.2, 0) is 26.5 Å². The summed E-state index contributed by atoms with van der Waals surface area (Å²) in [7, 11) is 1.52. The van der Waals surface area contributed by atoms with E-state index < -0.39 is 10.7 Å². The highest BCUT2D eigenvalue weighted by Crippen LogP contribution is 2.26. The highest BCUT2D eigenvalue weighted by Gasteiger charge is 2.23. The third-order valence-electron chi connectivity index (χ3n) is 4.77. The summed E-state index contributed by atoms with van der Waals surface area (Å²) in [4.78, 5) is 22.6. The summed E-state index contributed by atoms with van der Waals surface area (Å²) in [5.74, 6) is 1.30. The Hall–Kier alpha value is -3.68. The predicted octanol–water partition coefficient (Wildman–Crippen LogP) is 3.89. The molecule has 2 heterocycles.